The van der Waals surface area contributed by atoms with E-state index in [0.29, 0.717) is 18.1 Å². The van der Waals surface area contributed by atoms with Gasteiger partial charge in [-0.1, -0.05) is 58.3 Å². The fourth-order valence-electron chi connectivity index (χ4n) is 4.56. The van der Waals surface area contributed by atoms with Crippen LogP contribution in [0.15, 0.2) is 21.7 Å². The van der Waals surface area contributed by atoms with Crippen molar-refractivity contribution in [2.24, 2.45) is 7.05 Å². The molecule has 1 aliphatic heterocycles. The number of hydrogen-bond acceptors (Lipinski definition) is 4. The number of aryl methyl sites for hydroxylation is 2. The zero-order valence-electron chi connectivity index (χ0n) is 20.8. The third-order valence-electron chi connectivity index (χ3n) is 6.68. The molecule has 33 heavy (non-hydrogen) atoms. The molecule has 2 heterocycles. The zero-order chi connectivity index (χ0) is 24.1. The van der Waals surface area contributed by atoms with Gasteiger partial charge in [-0.15, -0.1) is 0 Å². The molecule has 1 aromatic carbocycles. The van der Waals surface area contributed by atoms with E-state index in [0.717, 1.165) is 34.2 Å². The SMILES string of the molecule is CCCCCCCCCCCN1c2cc(C)c(C)cc2N(C(C)=O)c2c1[nH]c(=O)n(C)c2=O. The maximum absolute atomic E-state index is 13.1. The van der Waals surface area contributed by atoms with E-state index in [4.69, 9.17) is 0 Å². The Morgan fingerprint density at radius 2 is 1.42 bits per heavy atom. The van der Waals surface area contributed by atoms with E-state index < -0.39 is 11.2 Å². The number of anilines is 4. The average molecular weight is 455 g/mol. The van der Waals surface area contributed by atoms with Crippen molar-refractivity contribution in [1.82, 2.24) is 9.55 Å². The first-order chi connectivity index (χ1) is 15.8. The maximum atomic E-state index is 13.1. The standard InChI is InChI=1S/C26H38N4O3/c1-6-7-8-9-10-11-12-13-14-15-29-21-16-18(2)19(3)17-22(21)30(20(4)31)23-24(29)27-26(33)28(5)25(23)32/h16-17H,6-15H2,1-5H3,(H,27,33). The van der Waals surface area contributed by atoms with E-state index in [1.54, 1.807) is 0 Å². The van der Waals surface area contributed by atoms with Gasteiger partial charge in [0.1, 0.15) is 5.82 Å². The Morgan fingerprint density at radius 3 is 2.00 bits per heavy atom. The number of unbranched alkanes of at least 4 members (excludes halogenated alkanes) is 8. The molecule has 0 spiro atoms. The van der Waals surface area contributed by atoms with Crippen molar-refractivity contribution in [3.05, 3.63) is 44.1 Å². The highest BCUT2D eigenvalue weighted by Gasteiger charge is 2.34. The number of nitrogens with one attached hydrogen (secondary N) is 1. The number of aromatic amines is 1. The quantitative estimate of drug-likeness (QED) is 0.490. The van der Waals surface area contributed by atoms with E-state index in [1.807, 2.05) is 30.9 Å². The number of H-pyrrole nitrogens is 1. The van der Waals surface area contributed by atoms with E-state index in [9.17, 15) is 14.4 Å². The van der Waals surface area contributed by atoms with Crippen LogP contribution in [0.5, 0.6) is 0 Å². The number of fused-ring (bicyclic) bond motifs is 2. The molecule has 180 valence electrons. The molecule has 7 nitrogen and oxygen atoms in total. The molecule has 0 unspecified atom stereocenters. The largest absolute Gasteiger partial charge is 0.329 e. The first kappa shape index (κ1) is 24.8. The Morgan fingerprint density at radius 1 is 0.879 bits per heavy atom. The molecule has 0 radical (unpaired) electrons. The van der Waals surface area contributed by atoms with Crippen LogP contribution < -0.4 is 21.0 Å². The minimum Gasteiger partial charge on any atom is -0.324 e. The summed E-state index contributed by atoms with van der Waals surface area (Å²) in [6.07, 6.45) is 11.0. The lowest BCUT2D eigenvalue weighted by atomic mass is 10.0. The summed E-state index contributed by atoms with van der Waals surface area (Å²) in [7, 11) is 1.43. The van der Waals surface area contributed by atoms with Crippen LogP contribution in [0.4, 0.5) is 22.9 Å². The predicted molar refractivity (Wildman–Crippen MR) is 135 cm³/mol. The normalized spacial score (nSPS) is 12.6. The molecule has 2 aromatic rings. The van der Waals surface area contributed by atoms with Crippen LogP contribution in [-0.2, 0) is 11.8 Å². The van der Waals surface area contributed by atoms with Crippen LogP contribution in [0, 0.1) is 13.8 Å². The van der Waals surface area contributed by atoms with Gasteiger partial charge in [0.15, 0.2) is 5.69 Å². The smallest absolute Gasteiger partial charge is 0.324 e. The molecule has 7 heteroatoms. The second-order valence-corrected chi connectivity index (χ2v) is 9.25. The van der Waals surface area contributed by atoms with Crippen molar-refractivity contribution >= 4 is 28.8 Å². The highest BCUT2D eigenvalue weighted by atomic mass is 16.2. The molecule has 0 atom stereocenters. The number of benzene rings is 1. The molecule has 1 aliphatic rings. The second-order valence-electron chi connectivity index (χ2n) is 9.25. The Kier molecular flexibility index (Phi) is 8.16. The molecule has 1 amide bonds. The van der Waals surface area contributed by atoms with Gasteiger partial charge in [-0.2, -0.15) is 0 Å². The van der Waals surface area contributed by atoms with Gasteiger partial charge in [-0.05, 0) is 43.5 Å². The lowest BCUT2D eigenvalue weighted by Crippen LogP contribution is -2.43. The number of rotatable bonds is 10. The highest BCUT2D eigenvalue weighted by Crippen LogP contribution is 2.46. The predicted octanol–water partition coefficient (Wildman–Crippen LogP) is 5.36. The van der Waals surface area contributed by atoms with E-state index in [-0.39, 0.29) is 11.6 Å². The van der Waals surface area contributed by atoms with Gasteiger partial charge in [0.25, 0.3) is 5.56 Å². The minimum atomic E-state index is -0.480. The molecule has 1 aromatic heterocycles. The third kappa shape index (κ3) is 5.23. The fourth-order valence-corrected chi connectivity index (χ4v) is 4.56. The van der Waals surface area contributed by atoms with Gasteiger partial charge in [0.2, 0.25) is 5.91 Å². The van der Waals surface area contributed by atoms with Crippen molar-refractivity contribution in [3.63, 3.8) is 0 Å². The molecular weight excluding hydrogens is 416 g/mol. The number of hydrogen-bond donors (Lipinski definition) is 1. The Balaban J connectivity index is 1.88. The summed E-state index contributed by atoms with van der Waals surface area (Å²) < 4.78 is 1.03. The van der Waals surface area contributed by atoms with Crippen molar-refractivity contribution < 1.29 is 4.79 Å². The number of nitrogens with zero attached hydrogens (tertiary/aromatic N) is 3. The molecule has 0 saturated heterocycles. The lowest BCUT2D eigenvalue weighted by Gasteiger charge is -2.38. The van der Waals surface area contributed by atoms with Crippen LogP contribution in [0.25, 0.3) is 0 Å². The molecule has 0 saturated carbocycles. The van der Waals surface area contributed by atoms with E-state index in [1.165, 1.54) is 63.8 Å². The number of carbonyl (C=O) groups excluding carboxylic acids is 1. The van der Waals surface area contributed by atoms with Crippen LogP contribution >= 0.6 is 0 Å². The summed E-state index contributed by atoms with van der Waals surface area (Å²) in [5.41, 5.74) is 2.96. The summed E-state index contributed by atoms with van der Waals surface area (Å²) >= 11 is 0. The van der Waals surface area contributed by atoms with Crippen molar-refractivity contribution in [2.75, 3.05) is 16.3 Å². The summed E-state index contributed by atoms with van der Waals surface area (Å²) in [6, 6.07) is 4.01. The summed E-state index contributed by atoms with van der Waals surface area (Å²) in [5, 5.41) is 0. The average Bonchev–Trinajstić information content (AvgIpc) is 2.77. The molecule has 0 fully saturated rings. The Hall–Kier alpha value is -2.83. The number of carbonyl (C=O) groups is 1. The summed E-state index contributed by atoms with van der Waals surface area (Å²) in [6.45, 7) is 8.39. The van der Waals surface area contributed by atoms with Gasteiger partial charge in [0, 0.05) is 20.5 Å². The summed E-state index contributed by atoms with van der Waals surface area (Å²) in [5.74, 6) is 0.154. The van der Waals surface area contributed by atoms with Crippen molar-refractivity contribution in [2.45, 2.75) is 85.5 Å². The van der Waals surface area contributed by atoms with Crippen molar-refractivity contribution in [3.8, 4) is 0 Å². The number of amides is 1. The highest BCUT2D eigenvalue weighted by molar-refractivity contribution is 6.08. The van der Waals surface area contributed by atoms with Crippen LogP contribution in [0.2, 0.25) is 0 Å². The first-order valence-electron chi connectivity index (χ1n) is 12.3. The lowest BCUT2D eigenvalue weighted by molar-refractivity contribution is -0.115. The Bertz CT molecular complexity index is 1120. The molecule has 1 N–H and O–H groups in total. The van der Waals surface area contributed by atoms with Gasteiger partial charge in [-0.25, -0.2) is 4.79 Å². The van der Waals surface area contributed by atoms with Gasteiger partial charge >= 0.3 is 5.69 Å². The third-order valence-corrected chi connectivity index (χ3v) is 6.68. The monoisotopic (exact) mass is 454 g/mol. The maximum Gasteiger partial charge on any atom is 0.329 e. The Labute approximate surface area is 196 Å². The van der Waals surface area contributed by atoms with Gasteiger partial charge in [0.05, 0.1) is 11.4 Å². The summed E-state index contributed by atoms with van der Waals surface area (Å²) in [4.78, 5) is 44.6. The number of aromatic nitrogens is 2. The topological polar surface area (TPSA) is 78.4 Å². The fraction of sp³-hybridized carbons (Fsp3) is 0.577. The van der Waals surface area contributed by atoms with E-state index in [2.05, 4.69) is 11.9 Å². The van der Waals surface area contributed by atoms with Crippen molar-refractivity contribution in [1.29, 1.82) is 0 Å². The second kappa shape index (κ2) is 10.9. The van der Waals surface area contributed by atoms with Crippen LogP contribution in [0.3, 0.4) is 0 Å². The van der Waals surface area contributed by atoms with Crippen LogP contribution in [-0.4, -0.2) is 22.0 Å². The van der Waals surface area contributed by atoms with Gasteiger partial charge < -0.3 is 4.90 Å². The molecular formula is C26H38N4O3. The molecule has 0 aliphatic carbocycles. The first-order valence-corrected chi connectivity index (χ1v) is 12.3. The van der Waals surface area contributed by atoms with Crippen LogP contribution in [0.1, 0.15) is 82.8 Å². The molecule has 3 rings (SSSR count). The molecule has 0 bridgehead atoms. The zero-order valence-corrected chi connectivity index (χ0v) is 20.8. The van der Waals surface area contributed by atoms with E-state index >= 15 is 0 Å². The van der Waals surface area contributed by atoms with Gasteiger partial charge in [-0.3, -0.25) is 24.0 Å². The minimum absolute atomic E-state index is 0.219.